The van der Waals surface area contributed by atoms with Crippen molar-refractivity contribution in [1.82, 2.24) is 10.3 Å². The lowest BCUT2D eigenvalue weighted by molar-refractivity contribution is 0.578. The number of nitrogens with zero attached hydrogens (tertiary/aromatic N) is 1. The summed E-state index contributed by atoms with van der Waals surface area (Å²) in [5.74, 6) is -0.389. The zero-order valence-corrected chi connectivity index (χ0v) is 12.2. The van der Waals surface area contributed by atoms with E-state index in [9.17, 15) is 4.39 Å². The van der Waals surface area contributed by atoms with Crippen molar-refractivity contribution in [3.8, 4) is 0 Å². The van der Waals surface area contributed by atoms with Crippen LogP contribution in [-0.2, 0) is 0 Å². The quantitative estimate of drug-likeness (QED) is 0.778. The molecule has 1 atom stereocenters. The van der Waals surface area contributed by atoms with Crippen molar-refractivity contribution in [3.63, 3.8) is 0 Å². The predicted octanol–water partition coefficient (Wildman–Crippen LogP) is 4.34. The fourth-order valence-corrected chi connectivity index (χ4v) is 2.78. The van der Waals surface area contributed by atoms with Gasteiger partial charge >= 0.3 is 0 Å². The zero-order chi connectivity index (χ0) is 14.8. The number of pyridine rings is 1. The Kier molecular flexibility index (Phi) is 3.86. The highest BCUT2D eigenvalue weighted by molar-refractivity contribution is 6.30. The molecule has 0 saturated heterocycles. The van der Waals surface area contributed by atoms with Gasteiger partial charge in [-0.3, -0.25) is 4.98 Å². The van der Waals surface area contributed by atoms with Crippen molar-refractivity contribution >= 4 is 22.5 Å². The van der Waals surface area contributed by atoms with Gasteiger partial charge in [0, 0.05) is 17.1 Å². The number of rotatable bonds is 3. The molecule has 0 aliphatic heterocycles. The van der Waals surface area contributed by atoms with E-state index in [1.807, 2.05) is 30.3 Å². The Balaban J connectivity index is 2.21. The summed E-state index contributed by atoms with van der Waals surface area (Å²) in [6.45, 7) is 0. The topological polar surface area (TPSA) is 24.9 Å². The maximum absolute atomic E-state index is 14.3. The Morgan fingerprint density at radius 1 is 1.05 bits per heavy atom. The summed E-state index contributed by atoms with van der Waals surface area (Å²) in [5, 5.41) is 4.30. The van der Waals surface area contributed by atoms with Gasteiger partial charge in [-0.2, -0.15) is 0 Å². The predicted molar refractivity (Wildman–Crippen MR) is 84.1 cm³/mol. The van der Waals surface area contributed by atoms with Gasteiger partial charge < -0.3 is 5.32 Å². The highest BCUT2D eigenvalue weighted by atomic mass is 35.5. The number of hydrogen-bond acceptors (Lipinski definition) is 2. The molecule has 3 rings (SSSR count). The molecular formula is C17H14ClFN2. The van der Waals surface area contributed by atoms with E-state index in [4.69, 9.17) is 11.6 Å². The fraction of sp³-hybridized carbons (Fsp3) is 0.118. The van der Waals surface area contributed by atoms with Crippen LogP contribution in [0.4, 0.5) is 4.39 Å². The molecule has 0 aliphatic carbocycles. The van der Waals surface area contributed by atoms with E-state index in [-0.39, 0.29) is 16.9 Å². The highest BCUT2D eigenvalue weighted by Crippen LogP contribution is 2.31. The molecule has 0 amide bonds. The number of benzene rings is 2. The van der Waals surface area contributed by atoms with Gasteiger partial charge in [0.2, 0.25) is 0 Å². The maximum Gasteiger partial charge on any atom is 0.146 e. The molecule has 2 aromatic carbocycles. The van der Waals surface area contributed by atoms with Gasteiger partial charge in [-0.25, -0.2) is 4.39 Å². The molecule has 0 spiro atoms. The van der Waals surface area contributed by atoms with Crippen molar-refractivity contribution < 1.29 is 4.39 Å². The van der Waals surface area contributed by atoms with E-state index in [0.29, 0.717) is 5.56 Å². The minimum absolute atomic E-state index is 0.131. The second-order valence-corrected chi connectivity index (χ2v) is 5.19. The molecule has 21 heavy (non-hydrogen) atoms. The van der Waals surface area contributed by atoms with Crippen LogP contribution < -0.4 is 5.32 Å². The van der Waals surface area contributed by atoms with Crippen LogP contribution in [-0.4, -0.2) is 12.0 Å². The molecule has 0 fully saturated rings. The maximum atomic E-state index is 14.3. The summed E-state index contributed by atoms with van der Waals surface area (Å²) in [6.07, 6.45) is 1.75. The smallest absolute Gasteiger partial charge is 0.146 e. The molecule has 1 heterocycles. The SMILES string of the molecule is CNC(c1cccc(Cl)c1F)c1cccc2ncccc12. The van der Waals surface area contributed by atoms with Gasteiger partial charge in [0.05, 0.1) is 16.6 Å². The molecule has 0 aliphatic rings. The lowest BCUT2D eigenvalue weighted by Crippen LogP contribution is -2.19. The minimum Gasteiger partial charge on any atom is -0.309 e. The lowest BCUT2D eigenvalue weighted by atomic mass is 9.95. The molecule has 1 N–H and O–H groups in total. The first-order valence-electron chi connectivity index (χ1n) is 6.67. The van der Waals surface area contributed by atoms with Gasteiger partial charge in [0.15, 0.2) is 0 Å². The molecule has 1 aromatic heterocycles. The molecule has 2 nitrogen and oxygen atoms in total. The van der Waals surface area contributed by atoms with Crippen molar-refractivity contribution in [3.05, 3.63) is 76.7 Å². The third-order valence-corrected chi connectivity index (χ3v) is 3.86. The average Bonchev–Trinajstić information content (AvgIpc) is 2.52. The Bertz CT molecular complexity index is 783. The Hall–Kier alpha value is -1.97. The molecule has 4 heteroatoms. The summed E-state index contributed by atoms with van der Waals surface area (Å²) in [7, 11) is 1.81. The third kappa shape index (κ3) is 2.50. The average molecular weight is 301 g/mol. The standard InChI is InChI=1S/C17H14ClFN2/c1-20-17(13-6-2-8-14(18)16(13)19)12-5-3-9-15-11(12)7-4-10-21-15/h2-10,17,20H,1H3. The minimum atomic E-state index is -0.389. The fourth-order valence-electron chi connectivity index (χ4n) is 2.60. The van der Waals surface area contributed by atoms with Crippen LogP contribution in [0, 0.1) is 5.82 Å². The second-order valence-electron chi connectivity index (χ2n) is 4.78. The third-order valence-electron chi connectivity index (χ3n) is 3.57. The van der Waals surface area contributed by atoms with Crippen molar-refractivity contribution in [1.29, 1.82) is 0 Å². The van der Waals surface area contributed by atoms with Gasteiger partial charge in [-0.05, 0) is 30.8 Å². The molecule has 3 aromatic rings. The number of nitrogens with one attached hydrogen (secondary N) is 1. The van der Waals surface area contributed by atoms with E-state index in [1.165, 1.54) is 0 Å². The number of fused-ring (bicyclic) bond motifs is 1. The summed E-state index contributed by atoms with van der Waals surface area (Å²) in [5.41, 5.74) is 2.39. The number of aromatic nitrogens is 1. The van der Waals surface area contributed by atoms with Crippen molar-refractivity contribution in [2.45, 2.75) is 6.04 Å². The molecule has 0 radical (unpaired) electrons. The monoisotopic (exact) mass is 300 g/mol. The van der Waals surface area contributed by atoms with Crippen LogP contribution in [0.3, 0.4) is 0 Å². The van der Waals surface area contributed by atoms with E-state index in [0.717, 1.165) is 16.5 Å². The van der Waals surface area contributed by atoms with Gasteiger partial charge in [-0.1, -0.05) is 41.9 Å². The van der Waals surface area contributed by atoms with E-state index in [1.54, 1.807) is 31.4 Å². The Labute approximate surface area is 127 Å². The first-order chi connectivity index (χ1) is 10.2. The van der Waals surface area contributed by atoms with Gasteiger partial charge in [0.25, 0.3) is 0 Å². The normalized spacial score (nSPS) is 12.5. The molecule has 0 saturated carbocycles. The van der Waals surface area contributed by atoms with Crippen LogP contribution in [0.5, 0.6) is 0 Å². The van der Waals surface area contributed by atoms with Crippen LogP contribution >= 0.6 is 11.6 Å². The molecule has 0 bridgehead atoms. The zero-order valence-electron chi connectivity index (χ0n) is 11.5. The van der Waals surface area contributed by atoms with Crippen LogP contribution in [0.1, 0.15) is 17.2 Å². The Morgan fingerprint density at radius 3 is 2.62 bits per heavy atom. The van der Waals surface area contributed by atoms with Crippen LogP contribution in [0.15, 0.2) is 54.7 Å². The Morgan fingerprint density at radius 2 is 1.81 bits per heavy atom. The van der Waals surface area contributed by atoms with Gasteiger partial charge in [0.1, 0.15) is 5.82 Å². The van der Waals surface area contributed by atoms with E-state index < -0.39 is 0 Å². The number of halogens is 2. The highest BCUT2D eigenvalue weighted by Gasteiger charge is 2.19. The number of hydrogen-bond donors (Lipinski definition) is 1. The van der Waals surface area contributed by atoms with Crippen molar-refractivity contribution in [2.75, 3.05) is 7.05 Å². The van der Waals surface area contributed by atoms with E-state index in [2.05, 4.69) is 10.3 Å². The first-order valence-corrected chi connectivity index (χ1v) is 7.05. The van der Waals surface area contributed by atoms with E-state index >= 15 is 0 Å². The van der Waals surface area contributed by atoms with Gasteiger partial charge in [-0.15, -0.1) is 0 Å². The summed E-state index contributed by atoms with van der Waals surface area (Å²) in [6, 6.07) is 14.5. The second kappa shape index (κ2) is 5.80. The molecule has 1 unspecified atom stereocenters. The first kappa shape index (κ1) is 14.0. The summed E-state index contributed by atoms with van der Waals surface area (Å²) >= 11 is 5.91. The summed E-state index contributed by atoms with van der Waals surface area (Å²) in [4.78, 5) is 4.34. The largest absolute Gasteiger partial charge is 0.309 e. The van der Waals surface area contributed by atoms with Crippen molar-refractivity contribution in [2.24, 2.45) is 0 Å². The lowest BCUT2D eigenvalue weighted by Gasteiger charge is -2.20. The van der Waals surface area contributed by atoms with Crippen LogP contribution in [0.25, 0.3) is 10.9 Å². The van der Waals surface area contributed by atoms with Crippen LogP contribution in [0.2, 0.25) is 5.02 Å². The molecule has 106 valence electrons. The summed E-state index contributed by atoms with van der Waals surface area (Å²) < 4.78 is 14.3. The molecular weight excluding hydrogens is 287 g/mol.